The number of rotatable bonds is 5. The minimum absolute atomic E-state index is 0.149. The topological polar surface area (TPSA) is 30.5 Å². The van der Waals surface area contributed by atoms with Gasteiger partial charge in [-0.3, -0.25) is 0 Å². The van der Waals surface area contributed by atoms with Gasteiger partial charge in [-0.15, -0.1) is 0 Å². The number of hydrogen-bond acceptors (Lipinski definition) is 3. The Morgan fingerprint density at radius 2 is 1.85 bits per heavy atom. The van der Waals surface area contributed by atoms with Gasteiger partial charge in [-0.25, -0.2) is 0 Å². The van der Waals surface area contributed by atoms with E-state index < -0.39 is 0 Å². The fourth-order valence-electron chi connectivity index (χ4n) is 3.56. The van der Waals surface area contributed by atoms with E-state index in [1.807, 2.05) is 18.2 Å². The highest BCUT2D eigenvalue weighted by Crippen LogP contribution is 2.38. The van der Waals surface area contributed by atoms with Crippen LogP contribution in [0.5, 0.6) is 11.5 Å². The molecule has 138 valence electrons. The molecule has 0 radical (unpaired) electrons. The molecule has 1 unspecified atom stereocenters. The lowest BCUT2D eigenvalue weighted by Crippen LogP contribution is -2.30. The molecular formula is C23H22BrNO2. The number of nitrogens with one attached hydrogen (secondary N) is 1. The second-order valence-corrected chi connectivity index (χ2v) is 7.58. The quantitative estimate of drug-likeness (QED) is 0.605. The van der Waals surface area contributed by atoms with Crippen molar-refractivity contribution in [1.29, 1.82) is 0 Å². The van der Waals surface area contributed by atoms with Gasteiger partial charge in [-0.05, 0) is 52.9 Å². The zero-order valence-corrected chi connectivity index (χ0v) is 16.8. The smallest absolute Gasteiger partial charge is 0.162 e. The lowest BCUT2D eigenvalue weighted by Gasteiger charge is -2.29. The molecule has 1 aliphatic heterocycles. The molecule has 0 aliphatic carbocycles. The predicted octanol–water partition coefficient (Wildman–Crippen LogP) is 5.27. The lowest BCUT2D eigenvalue weighted by molar-refractivity contribution is 0.283. The van der Waals surface area contributed by atoms with Crippen molar-refractivity contribution in [2.75, 3.05) is 13.7 Å². The number of hydrogen-bond donors (Lipinski definition) is 1. The molecule has 3 nitrogen and oxygen atoms in total. The summed E-state index contributed by atoms with van der Waals surface area (Å²) in [7, 11) is 1.70. The van der Waals surface area contributed by atoms with Crippen molar-refractivity contribution in [1.82, 2.24) is 5.32 Å². The average molecular weight is 424 g/mol. The van der Waals surface area contributed by atoms with Gasteiger partial charge >= 0.3 is 0 Å². The summed E-state index contributed by atoms with van der Waals surface area (Å²) in [5.41, 5.74) is 4.94. The van der Waals surface area contributed by atoms with Crippen molar-refractivity contribution in [2.45, 2.75) is 19.1 Å². The maximum Gasteiger partial charge on any atom is 0.162 e. The lowest BCUT2D eigenvalue weighted by atomic mass is 9.89. The maximum absolute atomic E-state index is 6.13. The number of methoxy groups -OCH3 is 1. The fraction of sp³-hybridized carbons (Fsp3) is 0.217. The van der Waals surface area contributed by atoms with Gasteiger partial charge in [-0.2, -0.15) is 0 Å². The Balaban J connectivity index is 1.68. The first-order valence-corrected chi connectivity index (χ1v) is 9.90. The molecule has 0 spiro atoms. The van der Waals surface area contributed by atoms with E-state index in [0.29, 0.717) is 6.61 Å². The third-order valence-corrected chi connectivity index (χ3v) is 5.39. The van der Waals surface area contributed by atoms with Gasteiger partial charge < -0.3 is 14.8 Å². The summed E-state index contributed by atoms with van der Waals surface area (Å²) in [4.78, 5) is 0. The molecule has 1 aliphatic rings. The van der Waals surface area contributed by atoms with Crippen LogP contribution in [0.1, 0.15) is 28.3 Å². The minimum atomic E-state index is 0.149. The van der Waals surface area contributed by atoms with Crippen LogP contribution in [0.2, 0.25) is 0 Å². The van der Waals surface area contributed by atoms with Gasteiger partial charge in [0, 0.05) is 11.0 Å². The average Bonchev–Trinajstić information content (AvgIpc) is 2.71. The van der Waals surface area contributed by atoms with Crippen molar-refractivity contribution in [3.8, 4) is 11.5 Å². The largest absolute Gasteiger partial charge is 0.493 e. The molecule has 0 bridgehead atoms. The zero-order valence-electron chi connectivity index (χ0n) is 15.2. The molecule has 4 rings (SSSR count). The second kappa shape index (κ2) is 8.15. The number of ether oxygens (including phenoxy) is 2. The third kappa shape index (κ3) is 4.02. The molecule has 1 atom stereocenters. The number of benzene rings is 3. The minimum Gasteiger partial charge on any atom is -0.493 e. The summed E-state index contributed by atoms with van der Waals surface area (Å²) in [6.45, 7) is 1.46. The third-order valence-electron chi connectivity index (χ3n) is 4.90. The van der Waals surface area contributed by atoms with Crippen LogP contribution in [-0.4, -0.2) is 13.7 Å². The van der Waals surface area contributed by atoms with Crippen molar-refractivity contribution in [3.05, 3.63) is 93.5 Å². The molecule has 0 saturated heterocycles. The summed E-state index contributed by atoms with van der Waals surface area (Å²) < 4.78 is 12.8. The van der Waals surface area contributed by atoms with E-state index in [9.17, 15) is 0 Å². The molecule has 1 heterocycles. The summed E-state index contributed by atoms with van der Waals surface area (Å²) in [5.74, 6) is 1.57. The normalized spacial score (nSPS) is 15.9. The van der Waals surface area contributed by atoms with Gasteiger partial charge in [0.1, 0.15) is 6.61 Å². The van der Waals surface area contributed by atoms with Crippen LogP contribution in [-0.2, 0) is 13.0 Å². The Morgan fingerprint density at radius 3 is 2.63 bits per heavy atom. The summed E-state index contributed by atoms with van der Waals surface area (Å²) in [6, 6.07) is 23.1. The van der Waals surface area contributed by atoms with Crippen LogP contribution in [0, 0.1) is 0 Å². The van der Waals surface area contributed by atoms with E-state index in [1.165, 1.54) is 16.7 Å². The van der Waals surface area contributed by atoms with E-state index in [1.54, 1.807) is 7.11 Å². The molecule has 27 heavy (non-hydrogen) atoms. The van der Waals surface area contributed by atoms with E-state index in [2.05, 4.69) is 69.8 Å². The zero-order chi connectivity index (χ0) is 18.6. The molecule has 0 fully saturated rings. The summed E-state index contributed by atoms with van der Waals surface area (Å²) in [5, 5.41) is 3.64. The van der Waals surface area contributed by atoms with Gasteiger partial charge in [0.2, 0.25) is 0 Å². The highest BCUT2D eigenvalue weighted by Gasteiger charge is 2.24. The van der Waals surface area contributed by atoms with Crippen molar-refractivity contribution in [3.63, 3.8) is 0 Å². The molecule has 3 aromatic rings. The molecule has 0 aromatic heterocycles. The second-order valence-electron chi connectivity index (χ2n) is 6.67. The molecule has 1 N–H and O–H groups in total. The van der Waals surface area contributed by atoms with Crippen LogP contribution >= 0.6 is 15.9 Å². The highest BCUT2D eigenvalue weighted by molar-refractivity contribution is 9.10. The molecular weight excluding hydrogens is 402 g/mol. The SMILES string of the molecule is COc1cc2c(cc1OCc1ccccc1)C(c1cccc(Br)c1)NCC2. The van der Waals surface area contributed by atoms with Crippen LogP contribution in [0.15, 0.2) is 71.2 Å². The monoisotopic (exact) mass is 423 g/mol. The van der Waals surface area contributed by atoms with Crippen LogP contribution < -0.4 is 14.8 Å². The molecule has 4 heteroatoms. The van der Waals surface area contributed by atoms with Gasteiger partial charge in [0.15, 0.2) is 11.5 Å². The van der Waals surface area contributed by atoms with Crippen molar-refractivity contribution < 1.29 is 9.47 Å². The number of fused-ring (bicyclic) bond motifs is 1. The summed E-state index contributed by atoms with van der Waals surface area (Å²) in [6.07, 6.45) is 0.981. The molecule has 0 saturated carbocycles. The van der Waals surface area contributed by atoms with Crippen LogP contribution in [0.3, 0.4) is 0 Å². The van der Waals surface area contributed by atoms with Gasteiger partial charge in [0.25, 0.3) is 0 Å². The standard InChI is InChI=1S/C23H22BrNO2/c1-26-21-13-17-10-11-25-23(18-8-5-9-19(24)12-18)20(17)14-22(21)27-15-16-6-3-2-4-7-16/h2-9,12-14,23,25H,10-11,15H2,1H3. The van der Waals surface area contributed by atoms with Crippen molar-refractivity contribution in [2.24, 2.45) is 0 Å². The van der Waals surface area contributed by atoms with E-state index in [4.69, 9.17) is 9.47 Å². The number of halogens is 1. The van der Waals surface area contributed by atoms with Crippen LogP contribution in [0.4, 0.5) is 0 Å². The Kier molecular flexibility index (Phi) is 5.46. The van der Waals surface area contributed by atoms with E-state index in [0.717, 1.165) is 34.5 Å². The maximum atomic E-state index is 6.13. The predicted molar refractivity (Wildman–Crippen MR) is 111 cm³/mol. The van der Waals surface area contributed by atoms with Crippen LogP contribution in [0.25, 0.3) is 0 Å². The van der Waals surface area contributed by atoms with E-state index >= 15 is 0 Å². The Hall–Kier alpha value is -2.30. The summed E-state index contributed by atoms with van der Waals surface area (Å²) >= 11 is 3.58. The van der Waals surface area contributed by atoms with Gasteiger partial charge in [-0.1, -0.05) is 58.4 Å². The van der Waals surface area contributed by atoms with Crippen molar-refractivity contribution >= 4 is 15.9 Å². The first-order valence-electron chi connectivity index (χ1n) is 9.11. The highest BCUT2D eigenvalue weighted by atomic mass is 79.9. The molecule has 0 amide bonds. The Bertz CT molecular complexity index is 927. The first kappa shape index (κ1) is 18.1. The first-order chi connectivity index (χ1) is 13.2. The fourth-order valence-corrected chi connectivity index (χ4v) is 3.97. The Labute approximate surface area is 168 Å². The van der Waals surface area contributed by atoms with Gasteiger partial charge in [0.05, 0.1) is 13.2 Å². The Morgan fingerprint density at radius 1 is 1.00 bits per heavy atom. The molecule has 3 aromatic carbocycles. The van der Waals surface area contributed by atoms with E-state index in [-0.39, 0.29) is 6.04 Å².